The summed E-state index contributed by atoms with van der Waals surface area (Å²) >= 11 is 5.93. The molecule has 0 aliphatic carbocycles. The molecular formula is C27H25ClF3N7O3. The number of pyridine rings is 3. The maximum atomic E-state index is 10.4. The van der Waals surface area contributed by atoms with Gasteiger partial charge in [0.1, 0.15) is 24.2 Å². The van der Waals surface area contributed by atoms with Crippen molar-refractivity contribution in [2.75, 3.05) is 44.3 Å². The van der Waals surface area contributed by atoms with Crippen molar-refractivity contribution in [3.8, 4) is 22.9 Å². The van der Waals surface area contributed by atoms with Gasteiger partial charge < -0.3 is 14.7 Å². The number of fused-ring (bicyclic) bond motifs is 1. The number of aliphatic hydroxyl groups is 1. The third-order valence-corrected chi connectivity index (χ3v) is 6.35. The number of rotatable bonds is 7. The van der Waals surface area contributed by atoms with Gasteiger partial charge in [-0.05, 0) is 30.3 Å². The zero-order chi connectivity index (χ0) is 29.4. The Balaban J connectivity index is 0.000000585. The molecule has 4 aromatic rings. The van der Waals surface area contributed by atoms with E-state index in [1.807, 2.05) is 36.5 Å². The highest BCUT2D eigenvalue weighted by Crippen LogP contribution is 2.31. The van der Waals surface area contributed by atoms with E-state index in [-0.39, 0.29) is 13.2 Å². The summed E-state index contributed by atoms with van der Waals surface area (Å²) in [6, 6.07) is 11.9. The average Bonchev–Trinajstić information content (AvgIpc) is 3.40. The number of aldehydes is 1. The second-order valence-corrected chi connectivity index (χ2v) is 9.36. The molecule has 0 bridgehead atoms. The minimum Gasteiger partial charge on any atom is -0.490 e. The first-order valence-corrected chi connectivity index (χ1v) is 12.8. The summed E-state index contributed by atoms with van der Waals surface area (Å²) < 4.78 is 38.5. The van der Waals surface area contributed by atoms with Crippen molar-refractivity contribution in [3.05, 3.63) is 71.4 Å². The molecule has 5 rings (SSSR count). The molecule has 1 N–H and O–H groups in total. The van der Waals surface area contributed by atoms with Gasteiger partial charge in [-0.2, -0.15) is 23.5 Å². The normalized spacial score (nSPS) is 13.8. The van der Waals surface area contributed by atoms with Crippen LogP contribution in [-0.2, 0) is 11.3 Å². The summed E-state index contributed by atoms with van der Waals surface area (Å²) in [4.78, 5) is 22.5. The van der Waals surface area contributed by atoms with Gasteiger partial charge in [0.25, 0.3) is 0 Å². The number of halogens is 4. The highest BCUT2D eigenvalue weighted by molar-refractivity contribution is 6.30. The van der Waals surface area contributed by atoms with Crippen LogP contribution in [-0.4, -0.2) is 81.4 Å². The molecule has 0 atom stereocenters. The average molecular weight is 588 g/mol. The molecule has 1 fully saturated rings. The van der Waals surface area contributed by atoms with Gasteiger partial charge in [0, 0.05) is 56.2 Å². The van der Waals surface area contributed by atoms with E-state index >= 15 is 0 Å². The van der Waals surface area contributed by atoms with Crippen molar-refractivity contribution in [2.24, 2.45) is 0 Å². The molecule has 1 aliphatic rings. The van der Waals surface area contributed by atoms with Crippen molar-refractivity contribution in [1.29, 1.82) is 5.26 Å². The molecule has 4 aromatic heterocycles. The van der Waals surface area contributed by atoms with Crippen LogP contribution < -0.4 is 9.64 Å². The third kappa shape index (κ3) is 7.91. The van der Waals surface area contributed by atoms with Crippen molar-refractivity contribution in [1.82, 2.24) is 24.5 Å². The van der Waals surface area contributed by atoms with E-state index in [0.717, 1.165) is 55.4 Å². The lowest BCUT2D eigenvalue weighted by Crippen LogP contribution is -2.46. The summed E-state index contributed by atoms with van der Waals surface area (Å²) in [5.74, 6) is 1.47. The summed E-state index contributed by atoms with van der Waals surface area (Å²) in [5, 5.41) is 23.6. The zero-order valence-electron chi connectivity index (χ0n) is 21.6. The van der Waals surface area contributed by atoms with Crippen molar-refractivity contribution < 1.29 is 27.8 Å². The van der Waals surface area contributed by atoms with E-state index in [1.54, 1.807) is 16.9 Å². The lowest BCUT2D eigenvalue weighted by atomic mass is 10.1. The Morgan fingerprint density at radius 1 is 1.10 bits per heavy atom. The maximum Gasteiger partial charge on any atom is 0.446 e. The van der Waals surface area contributed by atoms with Gasteiger partial charge in [-0.15, -0.1) is 0 Å². The Hall–Kier alpha value is -4.25. The van der Waals surface area contributed by atoms with E-state index in [1.165, 1.54) is 6.20 Å². The zero-order valence-corrected chi connectivity index (χ0v) is 22.4. The van der Waals surface area contributed by atoms with Crippen LogP contribution in [0.25, 0.3) is 16.6 Å². The predicted octanol–water partition coefficient (Wildman–Crippen LogP) is 3.76. The smallest absolute Gasteiger partial charge is 0.446 e. The number of piperazine rings is 1. The topological polar surface area (TPSA) is 120 Å². The van der Waals surface area contributed by atoms with Gasteiger partial charge in [0.05, 0.1) is 40.8 Å². The Labute approximate surface area is 238 Å². The van der Waals surface area contributed by atoms with Crippen molar-refractivity contribution >= 4 is 29.2 Å². The second-order valence-electron chi connectivity index (χ2n) is 8.92. The Kier molecular flexibility index (Phi) is 9.72. The fourth-order valence-electron chi connectivity index (χ4n) is 4.24. The number of hydrogen-bond donors (Lipinski definition) is 1. The monoisotopic (exact) mass is 587 g/mol. The van der Waals surface area contributed by atoms with E-state index in [2.05, 4.69) is 26.0 Å². The number of carbonyl (C=O) groups excluding carboxylic acids is 1. The van der Waals surface area contributed by atoms with E-state index in [0.29, 0.717) is 21.9 Å². The summed E-state index contributed by atoms with van der Waals surface area (Å²) in [7, 11) is 0. The molecule has 0 unspecified atom stereocenters. The Morgan fingerprint density at radius 3 is 2.44 bits per heavy atom. The van der Waals surface area contributed by atoms with Crippen LogP contribution in [0.2, 0.25) is 5.02 Å². The number of ether oxygens (including phenoxy) is 1. The maximum absolute atomic E-state index is 10.4. The summed E-state index contributed by atoms with van der Waals surface area (Å²) in [5.41, 5.74) is 3.84. The second kappa shape index (κ2) is 13.4. The Bertz CT molecular complexity index is 1500. The molecule has 41 heavy (non-hydrogen) atoms. The molecule has 10 nitrogen and oxygen atoms in total. The number of anilines is 1. The number of alkyl halides is 3. The van der Waals surface area contributed by atoms with Gasteiger partial charge in [-0.25, -0.2) is 9.50 Å². The minimum absolute atomic E-state index is 0.0876. The van der Waals surface area contributed by atoms with E-state index < -0.39 is 12.5 Å². The minimum atomic E-state index is -4.64. The SMILES string of the molecule is N#Cc1cnn2cc(OCCO)cc(-c3ccc(N4CCN(Cc5ccc(Cl)cn5)CC4)nc3)c12.O=CC(F)(F)F. The number of hydrogen-bond acceptors (Lipinski definition) is 9. The summed E-state index contributed by atoms with van der Waals surface area (Å²) in [6.45, 7) is 4.46. The van der Waals surface area contributed by atoms with Crippen LogP contribution in [0.3, 0.4) is 0 Å². The highest BCUT2D eigenvalue weighted by atomic mass is 35.5. The number of carbonyl (C=O) groups is 1. The first-order valence-electron chi connectivity index (χ1n) is 12.4. The van der Waals surface area contributed by atoms with Crippen molar-refractivity contribution in [2.45, 2.75) is 12.7 Å². The fraction of sp³-hybridized carbons (Fsp3) is 0.296. The molecule has 0 amide bonds. The van der Waals surface area contributed by atoms with Gasteiger partial charge in [0.2, 0.25) is 6.29 Å². The van der Waals surface area contributed by atoms with Crippen LogP contribution in [0.5, 0.6) is 5.75 Å². The number of nitrogens with zero attached hydrogens (tertiary/aromatic N) is 7. The molecular weight excluding hydrogens is 563 g/mol. The molecule has 5 heterocycles. The molecule has 1 saturated heterocycles. The van der Waals surface area contributed by atoms with Crippen LogP contribution >= 0.6 is 11.6 Å². The van der Waals surface area contributed by atoms with Crippen LogP contribution in [0.4, 0.5) is 19.0 Å². The summed E-state index contributed by atoms with van der Waals surface area (Å²) in [6.07, 6.45) is 1.04. The first-order chi connectivity index (χ1) is 19.7. The molecule has 0 saturated carbocycles. The first kappa shape index (κ1) is 29.7. The molecule has 214 valence electrons. The lowest BCUT2D eigenvalue weighted by molar-refractivity contribution is -0.156. The number of aromatic nitrogens is 4. The van der Waals surface area contributed by atoms with Gasteiger partial charge >= 0.3 is 6.18 Å². The quantitative estimate of drug-likeness (QED) is 0.322. The number of nitriles is 1. The Morgan fingerprint density at radius 2 is 1.85 bits per heavy atom. The van der Waals surface area contributed by atoms with Gasteiger partial charge in [0.15, 0.2) is 0 Å². The van der Waals surface area contributed by atoms with Crippen LogP contribution in [0.15, 0.2) is 55.1 Å². The third-order valence-electron chi connectivity index (χ3n) is 6.13. The van der Waals surface area contributed by atoms with Gasteiger partial charge in [-0.1, -0.05) is 11.6 Å². The molecule has 0 radical (unpaired) electrons. The van der Waals surface area contributed by atoms with Gasteiger partial charge in [-0.3, -0.25) is 14.7 Å². The molecule has 14 heteroatoms. The van der Waals surface area contributed by atoms with Crippen molar-refractivity contribution in [3.63, 3.8) is 0 Å². The lowest BCUT2D eigenvalue weighted by Gasteiger charge is -2.35. The highest BCUT2D eigenvalue weighted by Gasteiger charge is 2.25. The molecule has 0 aromatic carbocycles. The van der Waals surface area contributed by atoms with Crippen LogP contribution in [0, 0.1) is 11.3 Å². The molecule has 0 spiro atoms. The fourth-order valence-corrected chi connectivity index (χ4v) is 4.35. The van der Waals surface area contributed by atoms with E-state index in [9.17, 15) is 18.4 Å². The number of aliphatic hydroxyl groups excluding tert-OH is 1. The van der Waals surface area contributed by atoms with Crippen LogP contribution in [0.1, 0.15) is 11.3 Å². The largest absolute Gasteiger partial charge is 0.490 e. The van der Waals surface area contributed by atoms with E-state index in [4.69, 9.17) is 31.2 Å². The molecule has 1 aliphatic heterocycles. The predicted molar refractivity (Wildman–Crippen MR) is 145 cm³/mol. The standard InChI is InChI=1S/C25H24ClN7O2.C2HF3O/c26-20-2-3-21(28-15-20)16-31-5-7-32(8-6-31)24-4-1-18(13-29-24)23-11-22(35-10-9-34)17-33-25(23)19(12-27)14-30-33;3-2(4,5)1-6/h1-4,11,13-15,17,34H,5-10,16H2;1H.